The number of hydrogen-bond acceptors (Lipinski definition) is 3. The Balaban J connectivity index is 2.17. The van der Waals surface area contributed by atoms with Gasteiger partial charge in [-0.3, -0.25) is 0 Å². The summed E-state index contributed by atoms with van der Waals surface area (Å²) in [6.45, 7) is 6.48. The zero-order valence-corrected chi connectivity index (χ0v) is 8.62. The van der Waals surface area contributed by atoms with Gasteiger partial charge >= 0.3 is 0 Å². The fourth-order valence-corrected chi connectivity index (χ4v) is 1.74. The van der Waals surface area contributed by atoms with Crippen molar-refractivity contribution in [2.75, 3.05) is 19.8 Å². The van der Waals surface area contributed by atoms with E-state index >= 15 is 0 Å². The highest BCUT2D eigenvalue weighted by Gasteiger charge is 2.19. The molecule has 3 nitrogen and oxygen atoms in total. The third-order valence-electron chi connectivity index (χ3n) is 2.71. The van der Waals surface area contributed by atoms with E-state index < -0.39 is 0 Å². The topological polar surface area (TPSA) is 41.5 Å². The highest BCUT2D eigenvalue weighted by atomic mass is 16.5. The lowest BCUT2D eigenvalue weighted by Crippen LogP contribution is -2.39. The van der Waals surface area contributed by atoms with Gasteiger partial charge in [0.05, 0.1) is 6.10 Å². The molecule has 0 aromatic heterocycles. The predicted molar refractivity (Wildman–Crippen MR) is 52.7 cm³/mol. The number of aliphatic hydroxyl groups is 1. The van der Waals surface area contributed by atoms with Gasteiger partial charge < -0.3 is 15.2 Å². The van der Waals surface area contributed by atoms with Gasteiger partial charge in [0.1, 0.15) is 0 Å². The van der Waals surface area contributed by atoms with E-state index in [2.05, 4.69) is 12.2 Å². The summed E-state index contributed by atoms with van der Waals surface area (Å²) in [6.07, 6.45) is 2.05. The fourth-order valence-electron chi connectivity index (χ4n) is 1.74. The molecule has 0 aromatic carbocycles. The minimum absolute atomic E-state index is 0.248. The Morgan fingerprint density at radius 1 is 1.38 bits per heavy atom. The zero-order chi connectivity index (χ0) is 9.68. The second-order valence-electron chi connectivity index (χ2n) is 4.00. The van der Waals surface area contributed by atoms with Crippen LogP contribution in [-0.2, 0) is 4.74 Å². The lowest BCUT2D eigenvalue weighted by Gasteiger charge is -2.28. The standard InChI is InChI=1S/C10H21NO2/c1-8(12)7-11-9(2)10-3-5-13-6-4-10/h8-12H,3-7H2,1-2H3/t8-,9?/m1/s1. The van der Waals surface area contributed by atoms with Crippen LogP contribution in [0.15, 0.2) is 0 Å². The van der Waals surface area contributed by atoms with Gasteiger partial charge in [0.2, 0.25) is 0 Å². The molecule has 1 fully saturated rings. The van der Waals surface area contributed by atoms with Crippen LogP contribution in [-0.4, -0.2) is 37.0 Å². The quantitative estimate of drug-likeness (QED) is 0.683. The van der Waals surface area contributed by atoms with E-state index in [4.69, 9.17) is 9.84 Å². The van der Waals surface area contributed by atoms with Crippen molar-refractivity contribution in [3.8, 4) is 0 Å². The van der Waals surface area contributed by atoms with Crippen LogP contribution in [0, 0.1) is 5.92 Å². The third-order valence-corrected chi connectivity index (χ3v) is 2.71. The summed E-state index contributed by atoms with van der Waals surface area (Å²) < 4.78 is 5.30. The van der Waals surface area contributed by atoms with Crippen molar-refractivity contribution < 1.29 is 9.84 Å². The first-order valence-corrected chi connectivity index (χ1v) is 5.19. The Labute approximate surface area is 80.5 Å². The van der Waals surface area contributed by atoms with E-state index in [1.54, 1.807) is 0 Å². The van der Waals surface area contributed by atoms with Crippen molar-refractivity contribution in [2.45, 2.75) is 38.8 Å². The SMILES string of the molecule is CC(NC[C@@H](C)O)C1CCOCC1. The van der Waals surface area contributed by atoms with Crippen LogP contribution in [0.5, 0.6) is 0 Å². The highest BCUT2D eigenvalue weighted by Crippen LogP contribution is 2.18. The van der Waals surface area contributed by atoms with Crippen LogP contribution in [0.4, 0.5) is 0 Å². The minimum Gasteiger partial charge on any atom is -0.392 e. The molecule has 1 unspecified atom stereocenters. The molecule has 0 aliphatic carbocycles. The average Bonchev–Trinajstić information content (AvgIpc) is 2.15. The number of aliphatic hydroxyl groups excluding tert-OH is 1. The maximum Gasteiger partial charge on any atom is 0.0636 e. The van der Waals surface area contributed by atoms with Gasteiger partial charge in [0.25, 0.3) is 0 Å². The van der Waals surface area contributed by atoms with Crippen LogP contribution in [0.1, 0.15) is 26.7 Å². The second kappa shape index (κ2) is 5.58. The van der Waals surface area contributed by atoms with E-state index in [-0.39, 0.29) is 6.10 Å². The Morgan fingerprint density at radius 2 is 2.00 bits per heavy atom. The van der Waals surface area contributed by atoms with Gasteiger partial charge in [0, 0.05) is 25.8 Å². The van der Waals surface area contributed by atoms with Crippen molar-refractivity contribution in [2.24, 2.45) is 5.92 Å². The van der Waals surface area contributed by atoms with Crippen molar-refractivity contribution in [3.63, 3.8) is 0 Å². The Kier molecular flexibility index (Phi) is 4.70. The molecule has 2 N–H and O–H groups in total. The molecule has 0 spiro atoms. The van der Waals surface area contributed by atoms with E-state index in [0.29, 0.717) is 18.5 Å². The van der Waals surface area contributed by atoms with Gasteiger partial charge in [0.15, 0.2) is 0 Å². The molecule has 0 amide bonds. The van der Waals surface area contributed by atoms with Crippen molar-refractivity contribution in [3.05, 3.63) is 0 Å². The Bertz CT molecular complexity index is 133. The van der Waals surface area contributed by atoms with Crippen LogP contribution in [0.2, 0.25) is 0 Å². The molecule has 1 saturated heterocycles. The molecule has 13 heavy (non-hydrogen) atoms. The van der Waals surface area contributed by atoms with E-state index in [9.17, 15) is 0 Å². The van der Waals surface area contributed by atoms with Gasteiger partial charge in [-0.25, -0.2) is 0 Å². The fraction of sp³-hybridized carbons (Fsp3) is 1.00. The van der Waals surface area contributed by atoms with E-state index in [1.165, 1.54) is 0 Å². The van der Waals surface area contributed by atoms with Crippen molar-refractivity contribution in [1.82, 2.24) is 5.32 Å². The Hall–Kier alpha value is -0.120. The minimum atomic E-state index is -0.248. The van der Waals surface area contributed by atoms with Gasteiger partial charge in [-0.05, 0) is 32.6 Å². The van der Waals surface area contributed by atoms with Crippen LogP contribution >= 0.6 is 0 Å². The largest absolute Gasteiger partial charge is 0.392 e. The molecule has 1 aliphatic rings. The molecule has 0 radical (unpaired) electrons. The molecule has 0 bridgehead atoms. The van der Waals surface area contributed by atoms with Crippen LogP contribution in [0.25, 0.3) is 0 Å². The van der Waals surface area contributed by atoms with Crippen molar-refractivity contribution in [1.29, 1.82) is 0 Å². The molecule has 1 aliphatic heterocycles. The first kappa shape index (κ1) is 11.0. The summed E-state index contributed by atoms with van der Waals surface area (Å²) in [6, 6.07) is 0.499. The summed E-state index contributed by atoms with van der Waals surface area (Å²) in [5.74, 6) is 0.715. The monoisotopic (exact) mass is 187 g/mol. The smallest absolute Gasteiger partial charge is 0.0636 e. The zero-order valence-electron chi connectivity index (χ0n) is 8.62. The lowest BCUT2D eigenvalue weighted by molar-refractivity contribution is 0.0541. The summed E-state index contributed by atoms with van der Waals surface area (Å²) in [4.78, 5) is 0. The maximum absolute atomic E-state index is 9.11. The molecule has 1 heterocycles. The van der Waals surface area contributed by atoms with Gasteiger partial charge in [-0.2, -0.15) is 0 Å². The lowest BCUT2D eigenvalue weighted by atomic mass is 9.93. The van der Waals surface area contributed by atoms with Crippen LogP contribution < -0.4 is 5.32 Å². The average molecular weight is 187 g/mol. The summed E-state index contributed by atoms with van der Waals surface area (Å²) in [5, 5.41) is 12.5. The maximum atomic E-state index is 9.11. The number of rotatable bonds is 4. The summed E-state index contributed by atoms with van der Waals surface area (Å²) in [7, 11) is 0. The molecule has 78 valence electrons. The number of nitrogens with one attached hydrogen (secondary N) is 1. The van der Waals surface area contributed by atoms with Crippen molar-refractivity contribution >= 4 is 0 Å². The molecule has 0 saturated carbocycles. The molecule has 2 atom stereocenters. The number of ether oxygens (including phenoxy) is 1. The van der Waals surface area contributed by atoms with Gasteiger partial charge in [-0.15, -0.1) is 0 Å². The molecular weight excluding hydrogens is 166 g/mol. The van der Waals surface area contributed by atoms with Crippen LogP contribution in [0.3, 0.4) is 0 Å². The van der Waals surface area contributed by atoms with E-state index in [0.717, 1.165) is 26.1 Å². The second-order valence-corrected chi connectivity index (χ2v) is 4.00. The number of hydrogen-bond donors (Lipinski definition) is 2. The van der Waals surface area contributed by atoms with Gasteiger partial charge in [-0.1, -0.05) is 0 Å². The molecule has 3 heteroatoms. The first-order valence-electron chi connectivity index (χ1n) is 5.19. The third kappa shape index (κ3) is 4.07. The predicted octanol–water partition coefficient (Wildman–Crippen LogP) is 0.772. The van der Waals surface area contributed by atoms with E-state index in [1.807, 2.05) is 6.92 Å². The summed E-state index contributed by atoms with van der Waals surface area (Å²) in [5.41, 5.74) is 0. The summed E-state index contributed by atoms with van der Waals surface area (Å²) >= 11 is 0. The molecule has 0 aromatic rings. The Morgan fingerprint density at radius 3 is 2.54 bits per heavy atom. The molecule has 1 rings (SSSR count). The normalized spacial score (nSPS) is 24.2. The first-order chi connectivity index (χ1) is 6.20. The highest BCUT2D eigenvalue weighted by molar-refractivity contribution is 4.75. The molecular formula is C10H21NO2.